The SMILES string of the molecule is C#CCC=CCOP(C)(=O)OCC=CCC#C. The highest BCUT2D eigenvalue weighted by Crippen LogP contribution is 2.43. The molecule has 0 unspecified atom stereocenters. The Bertz CT molecular complexity index is 348. The zero-order valence-corrected chi connectivity index (χ0v) is 10.9. The van der Waals surface area contributed by atoms with E-state index in [1.807, 2.05) is 0 Å². The van der Waals surface area contributed by atoms with Crippen LogP contribution >= 0.6 is 7.60 Å². The molecule has 0 aromatic heterocycles. The molecule has 0 rings (SSSR count). The second-order valence-electron chi connectivity index (χ2n) is 3.12. The van der Waals surface area contributed by atoms with Crippen LogP contribution in [0.1, 0.15) is 12.8 Å². The molecule has 3 nitrogen and oxygen atoms in total. The molecule has 0 aliphatic carbocycles. The highest BCUT2D eigenvalue weighted by molar-refractivity contribution is 7.52. The highest BCUT2D eigenvalue weighted by atomic mass is 31.2. The number of hydrogen-bond donors (Lipinski definition) is 0. The molecular weight excluding hydrogens is 235 g/mol. The smallest absolute Gasteiger partial charge is 0.305 e. The van der Waals surface area contributed by atoms with Crippen LogP contribution in [0.5, 0.6) is 0 Å². The van der Waals surface area contributed by atoms with E-state index in [2.05, 4.69) is 11.8 Å². The van der Waals surface area contributed by atoms with Crippen molar-refractivity contribution in [1.29, 1.82) is 0 Å². The molecule has 0 spiro atoms. The summed E-state index contributed by atoms with van der Waals surface area (Å²) in [4.78, 5) is 0. The normalized spacial score (nSPS) is 14.5. The van der Waals surface area contributed by atoms with Gasteiger partial charge in [0.05, 0.1) is 13.2 Å². The summed E-state index contributed by atoms with van der Waals surface area (Å²) in [6.45, 7) is 1.88. The maximum atomic E-state index is 11.7. The second kappa shape index (κ2) is 9.94. The van der Waals surface area contributed by atoms with Gasteiger partial charge in [-0.05, 0) is 0 Å². The van der Waals surface area contributed by atoms with Crippen LogP contribution in [0.15, 0.2) is 24.3 Å². The Morgan fingerprint density at radius 2 is 1.41 bits per heavy atom. The van der Waals surface area contributed by atoms with Gasteiger partial charge in [0.15, 0.2) is 0 Å². The van der Waals surface area contributed by atoms with Crippen molar-refractivity contribution in [2.75, 3.05) is 19.9 Å². The molecule has 0 fully saturated rings. The van der Waals surface area contributed by atoms with Crippen LogP contribution in [0, 0.1) is 24.7 Å². The first-order chi connectivity index (χ1) is 8.12. The predicted molar refractivity (Wildman–Crippen MR) is 70.6 cm³/mol. The Morgan fingerprint density at radius 1 is 1.00 bits per heavy atom. The molecule has 0 atom stereocenters. The Morgan fingerprint density at radius 3 is 1.76 bits per heavy atom. The number of terminal acetylenes is 2. The van der Waals surface area contributed by atoms with Crippen LogP contribution in [-0.2, 0) is 13.6 Å². The summed E-state index contributed by atoms with van der Waals surface area (Å²) in [7, 11) is -3.00. The lowest BCUT2D eigenvalue weighted by molar-refractivity contribution is 0.242. The van der Waals surface area contributed by atoms with Gasteiger partial charge < -0.3 is 9.05 Å². The number of rotatable bonds is 8. The fourth-order valence-corrected chi connectivity index (χ4v) is 1.62. The van der Waals surface area contributed by atoms with Crippen molar-refractivity contribution in [2.24, 2.45) is 0 Å². The Hall–Kier alpha value is -1.25. The molecule has 0 bridgehead atoms. The zero-order chi connectivity index (χ0) is 13.0. The molecule has 92 valence electrons. The lowest BCUT2D eigenvalue weighted by atomic mass is 10.4. The van der Waals surface area contributed by atoms with E-state index in [4.69, 9.17) is 21.9 Å². The van der Waals surface area contributed by atoms with Crippen molar-refractivity contribution in [3.63, 3.8) is 0 Å². The van der Waals surface area contributed by atoms with Crippen molar-refractivity contribution < 1.29 is 13.6 Å². The number of hydrogen-bond acceptors (Lipinski definition) is 3. The lowest BCUT2D eigenvalue weighted by Crippen LogP contribution is -1.94. The minimum Gasteiger partial charge on any atom is -0.305 e. The van der Waals surface area contributed by atoms with Crippen molar-refractivity contribution >= 4 is 7.60 Å². The van der Waals surface area contributed by atoms with E-state index >= 15 is 0 Å². The first-order valence-electron chi connectivity index (χ1n) is 5.16. The van der Waals surface area contributed by atoms with Crippen molar-refractivity contribution in [1.82, 2.24) is 0 Å². The topological polar surface area (TPSA) is 35.5 Å². The van der Waals surface area contributed by atoms with Gasteiger partial charge >= 0.3 is 7.60 Å². The summed E-state index contributed by atoms with van der Waals surface area (Å²) in [5, 5.41) is 0. The van der Waals surface area contributed by atoms with Crippen LogP contribution in [0.4, 0.5) is 0 Å². The summed E-state index contributed by atoms with van der Waals surface area (Å²) in [6.07, 6.45) is 18.2. The summed E-state index contributed by atoms with van der Waals surface area (Å²) < 4.78 is 21.9. The van der Waals surface area contributed by atoms with Gasteiger partial charge in [0.25, 0.3) is 0 Å². The monoisotopic (exact) mass is 252 g/mol. The Balaban J connectivity index is 3.78. The summed E-state index contributed by atoms with van der Waals surface area (Å²) in [5.74, 6) is 4.90. The van der Waals surface area contributed by atoms with Gasteiger partial charge in [-0.25, -0.2) is 0 Å². The molecule has 0 N–H and O–H groups in total. The molecular formula is C13H17O3P. The minimum absolute atomic E-state index is 0.226. The van der Waals surface area contributed by atoms with Gasteiger partial charge in [0, 0.05) is 19.5 Å². The van der Waals surface area contributed by atoms with Crippen LogP contribution in [-0.4, -0.2) is 19.9 Å². The fraction of sp³-hybridized carbons (Fsp3) is 0.385. The molecule has 0 aliphatic rings. The van der Waals surface area contributed by atoms with Crippen molar-refractivity contribution in [3.8, 4) is 24.7 Å². The molecule has 0 aliphatic heterocycles. The van der Waals surface area contributed by atoms with Crippen LogP contribution in [0.25, 0.3) is 0 Å². The molecule has 0 radical (unpaired) electrons. The van der Waals surface area contributed by atoms with Gasteiger partial charge in [-0.15, -0.1) is 24.7 Å². The molecule has 0 saturated carbocycles. The van der Waals surface area contributed by atoms with E-state index in [0.29, 0.717) is 12.8 Å². The third-order valence-corrected chi connectivity index (χ3v) is 2.85. The molecule has 0 saturated heterocycles. The van der Waals surface area contributed by atoms with Crippen molar-refractivity contribution in [2.45, 2.75) is 12.8 Å². The van der Waals surface area contributed by atoms with Gasteiger partial charge in [-0.1, -0.05) is 24.3 Å². The van der Waals surface area contributed by atoms with E-state index < -0.39 is 7.60 Å². The van der Waals surface area contributed by atoms with Gasteiger partial charge in [-0.2, -0.15) is 0 Å². The summed E-state index contributed by atoms with van der Waals surface area (Å²) in [6, 6.07) is 0. The largest absolute Gasteiger partial charge is 0.328 e. The standard InChI is InChI=1S/C13H17O3P/c1-4-6-8-10-12-15-17(3,14)16-13-11-9-7-5-2/h1-2,8-11H,6-7,12-13H2,3H3. The first kappa shape index (κ1) is 15.8. The summed E-state index contributed by atoms with van der Waals surface area (Å²) in [5.41, 5.74) is 0. The second-order valence-corrected chi connectivity index (χ2v) is 5.18. The number of allylic oxidation sites excluding steroid dienone is 2. The van der Waals surface area contributed by atoms with Gasteiger partial charge in [0.1, 0.15) is 0 Å². The van der Waals surface area contributed by atoms with E-state index in [1.165, 1.54) is 6.66 Å². The average Bonchev–Trinajstić information content (AvgIpc) is 2.28. The third kappa shape index (κ3) is 11.0. The molecule has 0 aromatic rings. The van der Waals surface area contributed by atoms with E-state index in [9.17, 15) is 4.57 Å². The Kier molecular flexibility index (Phi) is 9.21. The van der Waals surface area contributed by atoms with E-state index in [0.717, 1.165) is 0 Å². The quantitative estimate of drug-likeness (QED) is 0.378. The molecule has 0 heterocycles. The van der Waals surface area contributed by atoms with Crippen LogP contribution in [0.3, 0.4) is 0 Å². The molecule has 0 aromatic carbocycles. The van der Waals surface area contributed by atoms with Crippen LogP contribution in [0.2, 0.25) is 0 Å². The van der Waals surface area contributed by atoms with Crippen LogP contribution < -0.4 is 0 Å². The van der Waals surface area contributed by atoms with Gasteiger partial charge in [0.2, 0.25) is 0 Å². The Labute approximate surface area is 103 Å². The van der Waals surface area contributed by atoms with Crippen molar-refractivity contribution in [3.05, 3.63) is 24.3 Å². The zero-order valence-electron chi connectivity index (χ0n) is 9.96. The summed E-state index contributed by atoms with van der Waals surface area (Å²) >= 11 is 0. The highest BCUT2D eigenvalue weighted by Gasteiger charge is 2.14. The third-order valence-electron chi connectivity index (χ3n) is 1.62. The molecule has 17 heavy (non-hydrogen) atoms. The lowest BCUT2D eigenvalue weighted by Gasteiger charge is -2.11. The van der Waals surface area contributed by atoms with E-state index in [1.54, 1.807) is 24.3 Å². The average molecular weight is 252 g/mol. The minimum atomic E-state index is -3.00. The van der Waals surface area contributed by atoms with E-state index in [-0.39, 0.29) is 13.2 Å². The maximum absolute atomic E-state index is 11.7. The fourth-order valence-electron chi connectivity index (χ4n) is 0.833. The maximum Gasteiger partial charge on any atom is 0.328 e. The molecule has 0 amide bonds. The molecule has 4 heteroatoms. The predicted octanol–water partition coefficient (Wildman–Crippen LogP) is 3.00. The first-order valence-corrected chi connectivity index (χ1v) is 7.15. The van der Waals surface area contributed by atoms with Gasteiger partial charge in [-0.3, -0.25) is 4.57 Å².